The molecule has 2 aliphatic rings. The Labute approximate surface area is 138 Å². The summed E-state index contributed by atoms with van der Waals surface area (Å²) in [5, 5.41) is -0.153. The van der Waals surface area contributed by atoms with Gasteiger partial charge in [-0.15, -0.1) is 0 Å². The highest BCUT2D eigenvalue weighted by molar-refractivity contribution is 7.92. The summed E-state index contributed by atoms with van der Waals surface area (Å²) >= 11 is 0. The quantitative estimate of drug-likeness (QED) is 0.822. The van der Waals surface area contributed by atoms with E-state index in [-0.39, 0.29) is 5.25 Å². The Bertz CT molecular complexity index is 682. The molecule has 0 amide bonds. The zero-order valence-electron chi connectivity index (χ0n) is 14.2. The highest BCUT2D eigenvalue weighted by Gasteiger charge is 2.33. The number of sulfone groups is 1. The second-order valence-electron chi connectivity index (χ2n) is 6.72. The summed E-state index contributed by atoms with van der Waals surface area (Å²) in [6, 6.07) is 0. The normalized spacial score (nSPS) is 25.0. The molecule has 0 saturated carbocycles. The minimum atomic E-state index is -2.85. The first-order valence-electron chi connectivity index (χ1n) is 8.37. The number of anilines is 1. The van der Waals surface area contributed by atoms with Gasteiger partial charge in [0.1, 0.15) is 11.6 Å². The summed E-state index contributed by atoms with van der Waals surface area (Å²) < 4.78 is 24.0. The van der Waals surface area contributed by atoms with Gasteiger partial charge in [0.05, 0.1) is 11.0 Å². The second kappa shape index (κ2) is 6.36. The van der Waals surface area contributed by atoms with E-state index in [1.807, 2.05) is 13.8 Å². The molecule has 6 nitrogen and oxygen atoms in total. The minimum Gasteiger partial charge on any atom is -0.354 e. The fourth-order valence-corrected chi connectivity index (χ4v) is 5.42. The smallest absolute Gasteiger partial charge is 0.154 e. The Balaban J connectivity index is 1.63. The van der Waals surface area contributed by atoms with Crippen LogP contribution >= 0.6 is 0 Å². The number of piperazine rings is 1. The summed E-state index contributed by atoms with van der Waals surface area (Å²) in [7, 11) is -2.85. The summed E-state index contributed by atoms with van der Waals surface area (Å²) in [6.07, 6.45) is 1.65. The first-order chi connectivity index (χ1) is 10.9. The Hall–Kier alpha value is -1.21. The molecule has 2 saturated heterocycles. The van der Waals surface area contributed by atoms with Gasteiger partial charge < -0.3 is 4.90 Å². The molecule has 0 radical (unpaired) electrons. The molecule has 0 spiro atoms. The van der Waals surface area contributed by atoms with E-state index in [9.17, 15) is 8.42 Å². The van der Waals surface area contributed by atoms with Crippen molar-refractivity contribution in [2.24, 2.45) is 0 Å². The molecule has 0 aromatic carbocycles. The van der Waals surface area contributed by atoms with Crippen LogP contribution in [0, 0.1) is 20.8 Å². The topological polar surface area (TPSA) is 66.4 Å². The zero-order valence-corrected chi connectivity index (χ0v) is 15.1. The van der Waals surface area contributed by atoms with Crippen LogP contribution in [0.3, 0.4) is 0 Å². The molecular weight excluding hydrogens is 312 g/mol. The molecule has 3 rings (SSSR count). The van der Waals surface area contributed by atoms with Crippen LogP contribution in [0.25, 0.3) is 0 Å². The fraction of sp³-hybridized carbons (Fsp3) is 0.750. The van der Waals surface area contributed by atoms with Gasteiger partial charge in [-0.3, -0.25) is 4.90 Å². The molecule has 3 heterocycles. The molecule has 0 unspecified atom stereocenters. The lowest BCUT2D eigenvalue weighted by atomic mass is 10.2. The van der Waals surface area contributed by atoms with Gasteiger partial charge in [0, 0.05) is 44.0 Å². The lowest BCUT2D eigenvalue weighted by Gasteiger charge is -2.37. The molecule has 0 N–H and O–H groups in total. The number of hydrogen-bond acceptors (Lipinski definition) is 6. The van der Waals surface area contributed by atoms with Gasteiger partial charge in [-0.05, 0) is 33.6 Å². The van der Waals surface area contributed by atoms with Gasteiger partial charge in [0.25, 0.3) is 0 Å². The molecule has 2 aliphatic heterocycles. The van der Waals surface area contributed by atoms with Crippen LogP contribution in [0.2, 0.25) is 0 Å². The Morgan fingerprint density at radius 3 is 2.39 bits per heavy atom. The van der Waals surface area contributed by atoms with Crippen molar-refractivity contribution in [3.63, 3.8) is 0 Å². The highest BCUT2D eigenvalue weighted by atomic mass is 32.2. The second-order valence-corrected chi connectivity index (χ2v) is 9.12. The first-order valence-corrected chi connectivity index (χ1v) is 10.1. The van der Waals surface area contributed by atoms with Gasteiger partial charge in [-0.25, -0.2) is 18.4 Å². The average Bonchev–Trinajstić information content (AvgIpc) is 2.83. The van der Waals surface area contributed by atoms with Crippen molar-refractivity contribution >= 4 is 15.7 Å². The molecule has 0 aliphatic carbocycles. The van der Waals surface area contributed by atoms with E-state index in [0.29, 0.717) is 12.3 Å². The average molecular weight is 338 g/mol. The summed E-state index contributed by atoms with van der Waals surface area (Å²) in [4.78, 5) is 13.6. The van der Waals surface area contributed by atoms with Crippen LogP contribution < -0.4 is 4.90 Å². The summed E-state index contributed by atoms with van der Waals surface area (Å²) in [6.45, 7) is 10.3. The molecule has 2 fully saturated rings. The van der Waals surface area contributed by atoms with E-state index in [4.69, 9.17) is 0 Å². The van der Waals surface area contributed by atoms with Crippen molar-refractivity contribution < 1.29 is 8.42 Å². The molecule has 1 aromatic rings. The van der Waals surface area contributed by atoms with Crippen molar-refractivity contribution in [1.82, 2.24) is 14.9 Å². The maximum Gasteiger partial charge on any atom is 0.154 e. The van der Waals surface area contributed by atoms with Crippen molar-refractivity contribution in [2.75, 3.05) is 43.4 Å². The lowest BCUT2D eigenvalue weighted by Crippen LogP contribution is -2.49. The van der Waals surface area contributed by atoms with Crippen molar-refractivity contribution in [3.05, 3.63) is 17.1 Å². The lowest BCUT2D eigenvalue weighted by molar-refractivity contribution is 0.255. The van der Waals surface area contributed by atoms with Crippen LogP contribution in [0.15, 0.2) is 0 Å². The SMILES string of the molecule is Cc1nc(C)c(C)c(N2CCN(C[C@H]3CCCS3(=O)=O)CC2)n1. The predicted octanol–water partition coefficient (Wildman–Crippen LogP) is 1.10. The van der Waals surface area contributed by atoms with E-state index in [1.54, 1.807) is 0 Å². The predicted molar refractivity (Wildman–Crippen MR) is 91.7 cm³/mol. The monoisotopic (exact) mass is 338 g/mol. The molecule has 0 bridgehead atoms. The van der Waals surface area contributed by atoms with E-state index in [1.165, 1.54) is 0 Å². The van der Waals surface area contributed by atoms with Gasteiger partial charge in [0.15, 0.2) is 9.84 Å². The van der Waals surface area contributed by atoms with Gasteiger partial charge >= 0.3 is 0 Å². The van der Waals surface area contributed by atoms with E-state index in [0.717, 1.165) is 61.9 Å². The third kappa shape index (κ3) is 3.50. The highest BCUT2D eigenvalue weighted by Crippen LogP contribution is 2.24. The number of rotatable bonds is 3. The van der Waals surface area contributed by atoms with Gasteiger partial charge in [-0.1, -0.05) is 0 Å². The maximum absolute atomic E-state index is 12.0. The number of aryl methyl sites for hydroxylation is 2. The maximum atomic E-state index is 12.0. The minimum absolute atomic E-state index is 0.153. The molecule has 7 heteroatoms. The number of aromatic nitrogens is 2. The molecule has 1 atom stereocenters. The third-order valence-electron chi connectivity index (χ3n) is 5.07. The van der Waals surface area contributed by atoms with Crippen LogP contribution in [-0.2, 0) is 9.84 Å². The largest absolute Gasteiger partial charge is 0.354 e. The van der Waals surface area contributed by atoms with Crippen molar-refractivity contribution in [1.29, 1.82) is 0 Å². The van der Waals surface area contributed by atoms with Gasteiger partial charge in [0.2, 0.25) is 0 Å². The summed E-state index contributed by atoms with van der Waals surface area (Å²) in [5.41, 5.74) is 2.18. The van der Waals surface area contributed by atoms with Gasteiger partial charge in [-0.2, -0.15) is 0 Å². The molecule has 128 valence electrons. The Kier molecular flexibility index (Phi) is 4.60. The van der Waals surface area contributed by atoms with Crippen LogP contribution in [0.4, 0.5) is 5.82 Å². The molecular formula is C16H26N4O2S. The fourth-order valence-electron chi connectivity index (χ4n) is 3.55. The Morgan fingerprint density at radius 1 is 1.09 bits per heavy atom. The van der Waals surface area contributed by atoms with E-state index >= 15 is 0 Å². The Morgan fingerprint density at radius 2 is 1.78 bits per heavy atom. The number of hydrogen-bond donors (Lipinski definition) is 0. The zero-order chi connectivity index (χ0) is 16.6. The molecule has 23 heavy (non-hydrogen) atoms. The number of nitrogens with zero attached hydrogens (tertiary/aromatic N) is 4. The van der Waals surface area contributed by atoms with Crippen LogP contribution in [0.1, 0.15) is 29.9 Å². The van der Waals surface area contributed by atoms with Crippen molar-refractivity contribution in [3.8, 4) is 0 Å². The van der Waals surface area contributed by atoms with Crippen LogP contribution in [0.5, 0.6) is 0 Å². The van der Waals surface area contributed by atoms with Crippen molar-refractivity contribution in [2.45, 2.75) is 38.9 Å². The third-order valence-corrected chi connectivity index (χ3v) is 7.33. The van der Waals surface area contributed by atoms with Crippen LogP contribution in [-0.4, -0.2) is 67.0 Å². The standard InChI is InChI=1S/C16H26N4O2S/c1-12-13(2)17-14(3)18-16(12)20-8-6-19(7-9-20)11-15-5-4-10-23(15,21)22/h15H,4-11H2,1-3H3/t15-/m1/s1. The van der Waals surface area contributed by atoms with E-state index in [2.05, 4.69) is 26.7 Å². The first kappa shape index (κ1) is 16.6. The summed E-state index contributed by atoms with van der Waals surface area (Å²) in [5.74, 6) is 2.21. The molecule has 1 aromatic heterocycles. The van der Waals surface area contributed by atoms with E-state index < -0.39 is 9.84 Å².